The average Bonchev–Trinajstić information content (AvgIpc) is 2.58. The number of benzene rings is 1. The van der Waals surface area contributed by atoms with Crippen LogP contribution in [0.2, 0.25) is 0 Å². The molecule has 0 saturated heterocycles. The van der Waals surface area contributed by atoms with Crippen molar-refractivity contribution in [2.45, 2.75) is 0 Å². The van der Waals surface area contributed by atoms with E-state index in [-0.39, 0.29) is 0 Å². The quantitative estimate of drug-likeness (QED) is 0.906. The number of aromatic nitrogens is 1. The lowest BCUT2D eigenvalue weighted by atomic mass is 10.3. The predicted molar refractivity (Wildman–Crippen MR) is 65.8 cm³/mol. The van der Waals surface area contributed by atoms with Gasteiger partial charge >= 0.3 is 10.2 Å². The topological polar surface area (TPSA) is 62.3 Å². The monoisotopic (exact) mass is 257 g/mol. The third kappa shape index (κ3) is 2.16. The molecule has 1 heterocycles. The van der Waals surface area contributed by atoms with Crippen molar-refractivity contribution < 1.29 is 8.42 Å². The largest absolute Gasteiger partial charge is 0.302 e. The number of hydrogen-bond acceptors (Lipinski definition) is 4. The van der Waals surface area contributed by atoms with Gasteiger partial charge < -0.3 is 0 Å². The zero-order valence-electron chi connectivity index (χ0n) is 8.84. The molecule has 86 valence electrons. The van der Waals surface area contributed by atoms with Crippen LogP contribution in [0.25, 0.3) is 10.2 Å². The summed E-state index contributed by atoms with van der Waals surface area (Å²) in [7, 11) is -0.532. The number of para-hydroxylation sites is 1. The molecule has 16 heavy (non-hydrogen) atoms. The van der Waals surface area contributed by atoms with Crippen LogP contribution in [0.5, 0.6) is 0 Å². The van der Waals surface area contributed by atoms with Crippen molar-refractivity contribution >= 4 is 36.9 Å². The highest BCUT2D eigenvalue weighted by molar-refractivity contribution is 7.90. The number of anilines is 1. The van der Waals surface area contributed by atoms with E-state index in [0.717, 1.165) is 14.5 Å². The minimum Gasteiger partial charge on any atom is -0.246 e. The van der Waals surface area contributed by atoms with Gasteiger partial charge in [0.15, 0.2) is 5.13 Å². The second kappa shape index (κ2) is 4.00. The highest BCUT2D eigenvalue weighted by atomic mass is 32.2. The maximum atomic E-state index is 11.6. The van der Waals surface area contributed by atoms with Crippen molar-refractivity contribution in [2.24, 2.45) is 0 Å². The van der Waals surface area contributed by atoms with Crippen molar-refractivity contribution in [3.8, 4) is 0 Å². The molecule has 0 unspecified atom stereocenters. The zero-order valence-corrected chi connectivity index (χ0v) is 10.5. The molecule has 1 aromatic heterocycles. The van der Waals surface area contributed by atoms with Gasteiger partial charge in [-0.2, -0.15) is 12.7 Å². The van der Waals surface area contributed by atoms with Crippen LogP contribution in [0, 0.1) is 0 Å². The molecule has 1 aromatic carbocycles. The van der Waals surface area contributed by atoms with Crippen LogP contribution in [0.15, 0.2) is 24.3 Å². The minimum atomic E-state index is -3.47. The van der Waals surface area contributed by atoms with Gasteiger partial charge in [-0.1, -0.05) is 23.5 Å². The van der Waals surface area contributed by atoms with Crippen molar-refractivity contribution in [2.75, 3.05) is 18.8 Å². The summed E-state index contributed by atoms with van der Waals surface area (Å²) in [5.74, 6) is 0. The first-order valence-electron chi connectivity index (χ1n) is 4.55. The van der Waals surface area contributed by atoms with E-state index in [1.54, 1.807) is 0 Å². The second-order valence-electron chi connectivity index (χ2n) is 3.38. The van der Waals surface area contributed by atoms with Gasteiger partial charge in [-0.15, -0.1) is 0 Å². The Balaban J connectivity index is 2.36. The summed E-state index contributed by atoms with van der Waals surface area (Å²) in [5.41, 5.74) is 0.795. The molecule has 5 nitrogen and oxygen atoms in total. The molecule has 0 aliphatic rings. The minimum absolute atomic E-state index is 0.384. The Bertz CT molecular complexity index is 571. The Morgan fingerprint density at radius 2 is 2.00 bits per heavy atom. The molecule has 0 aliphatic heterocycles. The lowest BCUT2D eigenvalue weighted by Gasteiger charge is -2.10. The van der Waals surface area contributed by atoms with Crippen LogP contribution >= 0.6 is 11.3 Å². The smallest absolute Gasteiger partial charge is 0.246 e. The third-order valence-electron chi connectivity index (χ3n) is 1.99. The number of fused-ring (bicyclic) bond motifs is 1. The predicted octanol–water partition coefficient (Wildman–Crippen LogP) is 1.51. The summed E-state index contributed by atoms with van der Waals surface area (Å²) in [5, 5.41) is 0.384. The summed E-state index contributed by atoms with van der Waals surface area (Å²) in [6.07, 6.45) is 0. The van der Waals surface area contributed by atoms with Gasteiger partial charge in [0.25, 0.3) is 0 Å². The summed E-state index contributed by atoms with van der Waals surface area (Å²) >= 11 is 1.31. The van der Waals surface area contributed by atoms with Gasteiger partial charge in [-0.3, -0.25) is 0 Å². The molecular weight excluding hydrogens is 246 g/mol. The Hall–Kier alpha value is -1.18. The van der Waals surface area contributed by atoms with Crippen molar-refractivity contribution in [1.29, 1.82) is 0 Å². The molecule has 2 rings (SSSR count). The summed E-state index contributed by atoms with van der Waals surface area (Å²) in [6, 6.07) is 7.51. The van der Waals surface area contributed by atoms with E-state index >= 15 is 0 Å². The van der Waals surface area contributed by atoms with Crippen LogP contribution in [-0.2, 0) is 10.2 Å². The fourth-order valence-electron chi connectivity index (χ4n) is 1.12. The van der Waals surface area contributed by atoms with Crippen molar-refractivity contribution in [3.63, 3.8) is 0 Å². The lowest BCUT2D eigenvalue weighted by molar-refractivity contribution is 0.527. The van der Waals surface area contributed by atoms with Gasteiger partial charge in [-0.05, 0) is 12.1 Å². The molecule has 0 bridgehead atoms. The Kier molecular flexibility index (Phi) is 2.83. The standard InChI is InChI=1S/C9H11N3O2S2/c1-12(2)16(13,14)11-9-10-7-5-3-4-6-8(7)15-9/h3-6H,1-2H3,(H,10,11). The Labute approximate surface area is 97.9 Å². The van der Waals surface area contributed by atoms with E-state index in [1.807, 2.05) is 24.3 Å². The van der Waals surface area contributed by atoms with Gasteiger partial charge in [0.05, 0.1) is 10.2 Å². The maximum Gasteiger partial charge on any atom is 0.302 e. The fourth-order valence-corrected chi connectivity index (χ4v) is 2.77. The summed E-state index contributed by atoms with van der Waals surface area (Å²) in [4.78, 5) is 4.18. The Morgan fingerprint density at radius 1 is 1.31 bits per heavy atom. The molecule has 0 aliphatic carbocycles. The zero-order chi connectivity index (χ0) is 11.8. The van der Waals surface area contributed by atoms with Crippen LogP contribution in [0.4, 0.5) is 5.13 Å². The molecule has 0 radical (unpaired) electrons. The SMILES string of the molecule is CN(C)S(=O)(=O)Nc1nc2ccccc2s1. The molecule has 1 N–H and O–H groups in total. The Morgan fingerprint density at radius 3 is 2.62 bits per heavy atom. The molecule has 0 atom stereocenters. The molecular formula is C9H11N3O2S2. The van der Waals surface area contributed by atoms with Gasteiger partial charge in [0, 0.05) is 14.1 Å². The summed E-state index contributed by atoms with van der Waals surface area (Å²) in [6.45, 7) is 0. The highest BCUT2D eigenvalue weighted by Crippen LogP contribution is 2.26. The van der Waals surface area contributed by atoms with Gasteiger partial charge in [0.2, 0.25) is 0 Å². The first kappa shape index (κ1) is 11.3. The number of hydrogen-bond donors (Lipinski definition) is 1. The lowest BCUT2D eigenvalue weighted by Crippen LogP contribution is -2.28. The molecule has 0 fully saturated rings. The van der Waals surface area contributed by atoms with Crippen molar-refractivity contribution in [1.82, 2.24) is 9.29 Å². The first-order chi connectivity index (χ1) is 7.49. The van der Waals surface area contributed by atoms with Gasteiger partial charge in [0.1, 0.15) is 0 Å². The van der Waals surface area contributed by atoms with E-state index < -0.39 is 10.2 Å². The molecule has 2 aromatic rings. The van der Waals surface area contributed by atoms with E-state index in [9.17, 15) is 8.42 Å². The van der Waals surface area contributed by atoms with Crippen LogP contribution in [0.1, 0.15) is 0 Å². The third-order valence-corrected chi connectivity index (χ3v) is 4.48. The van der Waals surface area contributed by atoms with Crippen LogP contribution in [0.3, 0.4) is 0 Å². The van der Waals surface area contributed by atoms with E-state index in [0.29, 0.717) is 5.13 Å². The van der Waals surface area contributed by atoms with E-state index in [1.165, 1.54) is 25.4 Å². The average molecular weight is 257 g/mol. The molecule has 0 amide bonds. The van der Waals surface area contributed by atoms with Crippen LogP contribution < -0.4 is 4.72 Å². The number of rotatable bonds is 3. The molecule has 7 heteroatoms. The van der Waals surface area contributed by atoms with Gasteiger partial charge in [-0.25, -0.2) is 9.71 Å². The highest BCUT2D eigenvalue weighted by Gasteiger charge is 2.15. The normalized spacial score (nSPS) is 12.2. The maximum absolute atomic E-state index is 11.6. The molecule has 0 spiro atoms. The second-order valence-corrected chi connectivity index (χ2v) is 6.29. The number of thiazole rings is 1. The fraction of sp³-hybridized carbons (Fsp3) is 0.222. The first-order valence-corrected chi connectivity index (χ1v) is 6.80. The summed E-state index contributed by atoms with van der Waals surface area (Å²) < 4.78 is 27.6. The van der Waals surface area contributed by atoms with Crippen molar-refractivity contribution in [3.05, 3.63) is 24.3 Å². The molecule has 0 saturated carbocycles. The van der Waals surface area contributed by atoms with Crippen LogP contribution in [-0.4, -0.2) is 31.8 Å². The van der Waals surface area contributed by atoms with E-state index in [2.05, 4.69) is 9.71 Å². The van der Waals surface area contributed by atoms with E-state index in [4.69, 9.17) is 0 Å². The number of nitrogens with one attached hydrogen (secondary N) is 1. The number of nitrogens with zero attached hydrogens (tertiary/aromatic N) is 2.